The van der Waals surface area contributed by atoms with Crippen LogP contribution in [0.1, 0.15) is 32.5 Å². The number of carbonyl (C=O) groups excluding carboxylic acids is 1. The molecule has 7 rings (SSSR count). The average molecular weight is 517 g/mol. The van der Waals surface area contributed by atoms with Crippen LogP contribution in [-0.4, -0.2) is 85.4 Å². The number of amides is 1. The molecule has 0 atom stereocenters. The fourth-order valence-electron chi connectivity index (χ4n) is 5.36. The standard InChI is InChI=1S/C27H32N8O3/c1-4-20-28-18-7-5-6-8-19(18)35(20)25-30-22-21(23(31-25)33-11-13-37-14-12-33)29-26(32(22)3)38-17-15-34(16-17)24(36)27(2)9-10-27/h5-8,17H,4,9-16H2,1-3H3. The molecule has 0 spiro atoms. The number of carbonyl (C=O) groups is 1. The van der Waals surface area contributed by atoms with E-state index in [9.17, 15) is 4.79 Å². The number of fused-ring (bicyclic) bond motifs is 2. The number of hydrogen-bond acceptors (Lipinski definition) is 8. The van der Waals surface area contributed by atoms with E-state index < -0.39 is 0 Å². The van der Waals surface area contributed by atoms with Crippen molar-refractivity contribution in [2.75, 3.05) is 44.3 Å². The van der Waals surface area contributed by atoms with Crippen LogP contribution >= 0.6 is 0 Å². The van der Waals surface area contributed by atoms with Crippen molar-refractivity contribution in [2.45, 2.75) is 39.2 Å². The first kappa shape index (κ1) is 23.4. The van der Waals surface area contributed by atoms with Gasteiger partial charge in [0, 0.05) is 32.0 Å². The number of morpholine rings is 1. The fraction of sp³-hybridized carbons (Fsp3) is 0.519. The summed E-state index contributed by atoms with van der Waals surface area (Å²) in [5, 5.41) is 0. The molecule has 0 unspecified atom stereocenters. The second-order valence-corrected chi connectivity index (χ2v) is 10.8. The van der Waals surface area contributed by atoms with Gasteiger partial charge in [-0.3, -0.25) is 13.9 Å². The molecule has 1 aliphatic carbocycles. The van der Waals surface area contributed by atoms with Crippen LogP contribution in [0, 0.1) is 5.41 Å². The Labute approximate surface area is 220 Å². The van der Waals surface area contributed by atoms with E-state index in [2.05, 4.69) is 11.8 Å². The average Bonchev–Trinajstić information content (AvgIpc) is 3.44. The monoisotopic (exact) mass is 516 g/mol. The number of benzene rings is 1. The molecule has 1 saturated carbocycles. The minimum Gasteiger partial charge on any atom is -0.458 e. The summed E-state index contributed by atoms with van der Waals surface area (Å²) in [6.07, 6.45) is 2.63. The number of imidazole rings is 2. The molecule has 2 saturated heterocycles. The minimum atomic E-state index is -0.156. The third kappa shape index (κ3) is 3.71. The number of aromatic nitrogens is 6. The summed E-state index contributed by atoms with van der Waals surface area (Å²) in [5.41, 5.74) is 3.13. The van der Waals surface area contributed by atoms with Crippen molar-refractivity contribution >= 4 is 33.9 Å². The van der Waals surface area contributed by atoms with Gasteiger partial charge in [0.1, 0.15) is 11.9 Å². The van der Waals surface area contributed by atoms with E-state index in [-0.39, 0.29) is 17.4 Å². The Morgan fingerprint density at radius 1 is 1.11 bits per heavy atom. The third-order valence-corrected chi connectivity index (χ3v) is 8.03. The Hall–Kier alpha value is -3.73. The van der Waals surface area contributed by atoms with Crippen LogP contribution in [0.15, 0.2) is 24.3 Å². The SMILES string of the molecule is CCc1nc2ccccc2n1-c1nc(N2CCOCC2)c2nc(OC3CN(C(=O)C4(C)CC4)C3)n(C)c2n1. The van der Waals surface area contributed by atoms with Gasteiger partial charge in [-0.25, -0.2) is 4.98 Å². The molecule has 198 valence electrons. The molecule has 3 fully saturated rings. The molecule has 11 heteroatoms. The maximum Gasteiger partial charge on any atom is 0.298 e. The molecule has 0 bridgehead atoms. The molecule has 0 N–H and O–H groups in total. The molecule has 3 aromatic heterocycles. The number of anilines is 1. The molecular formula is C27H32N8O3. The molecule has 4 aromatic rings. The second kappa shape index (κ2) is 8.65. The normalized spacial score (nSPS) is 19.2. The van der Waals surface area contributed by atoms with Gasteiger partial charge in [-0.15, -0.1) is 0 Å². The van der Waals surface area contributed by atoms with E-state index in [1.54, 1.807) is 0 Å². The highest BCUT2D eigenvalue weighted by Crippen LogP contribution is 2.47. The highest BCUT2D eigenvalue weighted by atomic mass is 16.5. The Morgan fingerprint density at radius 3 is 2.61 bits per heavy atom. The highest BCUT2D eigenvalue weighted by Gasteiger charge is 2.50. The van der Waals surface area contributed by atoms with Gasteiger partial charge < -0.3 is 19.3 Å². The van der Waals surface area contributed by atoms with Crippen molar-refractivity contribution in [3.8, 4) is 12.0 Å². The van der Waals surface area contributed by atoms with Crippen LogP contribution in [0.3, 0.4) is 0 Å². The molecule has 0 radical (unpaired) electrons. The lowest BCUT2D eigenvalue weighted by atomic mass is 10.0. The summed E-state index contributed by atoms with van der Waals surface area (Å²) in [6, 6.07) is 8.55. The van der Waals surface area contributed by atoms with Crippen LogP contribution in [0.2, 0.25) is 0 Å². The summed E-state index contributed by atoms with van der Waals surface area (Å²) < 4.78 is 15.8. The van der Waals surface area contributed by atoms with Gasteiger partial charge in [-0.05, 0) is 25.0 Å². The van der Waals surface area contributed by atoms with Gasteiger partial charge >= 0.3 is 0 Å². The molecule has 1 amide bonds. The van der Waals surface area contributed by atoms with Gasteiger partial charge in [0.25, 0.3) is 6.01 Å². The van der Waals surface area contributed by atoms with E-state index in [0.29, 0.717) is 49.4 Å². The Bertz CT molecular complexity index is 1540. The Morgan fingerprint density at radius 2 is 1.87 bits per heavy atom. The number of hydrogen-bond donors (Lipinski definition) is 0. The maximum atomic E-state index is 12.6. The number of rotatable bonds is 6. The van der Waals surface area contributed by atoms with E-state index >= 15 is 0 Å². The zero-order chi connectivity index (χ0) is 26.0. The van der Waals surface area contributed by atoms with Crippen LogP contribution < -0.4 is 9.64 Å². The first-order chi connectivity index (χ1) is 18.4. The van der Waals surface area contributed by atoms with Crippen LogP contribution in [-0.2, 0) is 23.0 Å². The minimum absolute atomic E-state index is 0.0830. The predicted octanol–water partition coefficient (Wildman–Crippen LogP) is 2.49. The molecular weight excluding hydrogens is 484 g/mol. The van der Waals surface area contributed by atoms with Gasteiger partial charge in [-0.1, -0.05) is 26.0 Å². The van der Waals surface area contributed by atoms with Gasteiger partial charge in [0.05, 0.1) is 37.3 Å². The molecule has 1 aromatic carbocycles. The van der Waals surface area contributed by atoms with Crippen molar-refractivity contribution < 1.29 is 14.3 Å². The van der Waals surface area contributed by atoms with E-state index in [1.807, 2.05) is 52.3 Å². The number of nitrogens with zero attached hydrogens (tertiary/aromatic N) is 8. The van der Waals surface area contributed by atoms with E-state index in [0.717, 1.165) is 55.0 Å². The van der Waals surface area contributed by atoms with E-state index in [1.165, 1.54) is 0 Å². The molecule has 3 aliphatic rings. The summed E-state index contributed by atoms with van der Waals surface area (Å²) in [4.78, 5) is 36.5. The number of ether oxygens (including phenoxy) is 2. The lowest BCUT2D eigenvalue weighted by Crippen LogP contribution is -2.57. The molecule has 2 aliphatic heterocycles. The van der Waals surface area contributed by atoms with Crippen molar-refractivity contribution in [1.82, 2.24) is 34.0 Å². The summed E-state index contributed by atoms with van der Waals surface area (Å²) in [5.74, 6) is 2.48. The second-order valence-electron chi connectivity index (χ2n) is 10.8. The van der Waals surface area contributed by atoms with E-state index in [4.69, 9.17) is 29.4 Å². The van der Waals surface area contributed by atoms with Gasteiger partial charge in [0.15, 0.2) is 17.0 Å². The lowest BCUT2D eigenvalue weighted by molar-refractivity contribution is -0.145. The number of aryl methyl sites for hydroxylation is 2. The first-order valence-electron chi connectivity index (χ1n) is 13.4. The number of para-hydroxylation sites is 2. The van der Waals surface area contributed by atoms with Gasteiger partial charge in [0.2, 0.25) is 11.9 Å². The fourth-order valence-corrected chi connectivity index (χ4v) is 5.36. The lowest BCUT2D eigenvalue weighted by Gasteiger charge is -2.40. The zero-order valence-electron chi connectivity index (χ0n) is 22.1. The largest absolute Gasteiger partial charge is 0.458 e. The third-order valence-electron chi connectivity index (χ3n) is 8.03. The quantitative estimate of drug-likeness (QED) is 0.385. The Kier molecular flexibility index (Phi) is 5.33. The molecule has 38 heavy (non-hydrogen) atoms. The van der Waals surface area contributed by atoms with Crippen LogP contribution in [0.25, 0.3) is 28.1 Å². The Balaban J connectivity index is 1.28. The van der Waals surface area contributed by atoms with Crippen molar-refractivity contribution in [3.63, 3.8) is 0 Å². The molecule has 5 heterocycles. The van der Waals surface area contributed by atoms with Crippen molar-refractivity contribution in [2.24, 2.45) is 12.5 Å². The highest BCUT2D eigenvalue weighted by molar-refractivity contribution is 5.87. The van der Waals surface area contributed by atoms with Crippen molar-refractivity contribution in [3.05, 3.63) is 30.1 Å². The summed E-state index contributed by atoms with van der Waals surface area (Å²) in [6.45, 7) is 8.03. The van der Waals surface area contributed by atoms with Gasteiger partial charge in [-0.2, -0.15) is 15.0 Å². The topological polar surface area (TPSA) is 103 Å². The van der Waals surface area contributed by atoms with Crippen LogP contribution in [0.5, 0.6) is 6.01 Å². The number of likely N-dealkylation sites (tertiary alicyclic amines) is 1. The first-order valence-corrected chi connectivity index (χ1v) is 13.4. The smallest absolute Gasteiger partial charge is 0.298 e. The zero-order valence-corrected chi connectivity index (χ0v) is 22.1. The predicted molar refractivity (Wildman–Crippen MR) is 142 cm³/mol. The molecule has 11 nitrogen and oxygen atoms in total. The van der Waals surface area contributed by atoms with Crippen molar-refractivity contribution in [1.29, 1.82) is 0 Å². The maximum absolute atomic E-state index is 12.6. The summed E-state index contributed by atoms with van der Waals surface area (Å²) in [7, 11) is 1.92. The summed E-state index contributed by atoms with van der Waals surface area (Å²) >= 11 is 0. The van der Waals surface area contributed by atoms with Crippen LogP contribution in [0.4, 0.5) is 5.82 Å².